The van der Waals surface area contributed by atoms with Crippen LogP contribution in [0, 0.1) is 5.82 Å². The quantitative estimate of drug-likeness (QED) is 0.838. The van der Waals surface area contributed by atoms with Crippen LogP contribution in [0.2, 0.25) is 0 Å². The molecule has 1 aliphatic heterocycles. The Morgan fingerprint density at radius 2 is 2.11 bits per heavy atom. The van der Waals surface area contributed by atoms with Crippen molar-refractivity contribution < 1.29 is 18.7 Å². The molecule has 1 aromatic carbocycles. The predicted molar refractivity (Wildman–Crippen MR) is 98.2 cm³/mol. The van der Waals surface area contributed by atoms with Gasteiger partial charge in [0.2, 0.25) is 5.91 Å². The number of aromatic nitrogens is 1. The van der Waals surface area contributed by atoms with Crippen molar-refractivity contribution in [3.63, 3.8) is 0 Å². The molecule has 0 aliphatic carbocycles. The van der Waals surface area contributed by atoms with E-state index in [0.717, 1.165) is 0 Å². The first-order valence-corrected chi connectivity index (χ1v) is 8.66. The summed E-state index contributed by atoms with van der Waals surface area (Å²) in [6.45, 7) is 2.94. The van der Waals surface area contributed by atoms with Gasteiger partial charge in [-0.25, -0.2) is 9.37 Å². The number of benzene rings is 1. The van der Waals surface area contributed by atoms with Crippen molar-refractivity contribution in [2.75, 3.05) is 31.6 Å². The van der Waals surface area contributed by atoms with E-state index in [9.17, 15) is 14.0 Å². The Bertz CT molecular complexity index is 830. The molecule has 2 heterocycles. The standard InChI is InChI=1S/C19H21FN4O3/c1-13(25)22-11-14-12-24(9-10-27-14)19(26)15-5-4-8-21-18(15)23-17-7-3-2-6-16(17)20/h2-8,14H,9-12H2,1H3,(H,21,23)(H,22,25). The number of hydrogen-bond acceptors (Lipinski definition) is 5. The number of amides is 2. The topological polar surface area (TPSA) is 83.6 Å². The van der Waals surface area contributed by atoms with E-state index in [4.69, 9.17) is 4.74 Å². The van der Waals surface area contributed by atoms with Gasteiger partial charge in [0.15, 0.2) is 0 Å². The summed E-state index contributed by atoms with van der Waals surface area (Å²) < 4.78 is 19.5. The van der Waals surface area contributed by atoms with Crippen LogP contribution in [0.4, 0.5) is 15.9 Å². The number of morpholine rings is 1. The lowest BCUT2D eigenvalue weighted by Gasteiger charge is -2.33. The SMILES string of the molecule is CC(=O)NCC1CN(C(=O)c2cccnc2Nc2ccccc2F)CCO1. The molecule has 1 aliphatic rings. The summed E-state index contributed by atoms with van der Waals surface area (Å²) >= 11 is 0. The summed E-state index contributed by atoms with van der Waals surface area (Å²) in [6.07, 6.45) is 1.27. The Balaban J connectivity index is 1.75. The number of ether oxygens (including phenoxy) is 1. The van der Waals surface area contributed by atoms with Crippen molar-refractivity contribution in [1.82, 2.24) is 15.2 Å². The number of nitrogens with one attached hydrogen (secondary N) is 2. The smallest absolute Gasteiger partial charge is 0.257 e. The summed E-state index contributed by atoms with van der Waals surface area (Å²) in [5.74, 6) is -0.510. The third kappa shape index (κ3) is 4.79. The maximum Gasteiger partial charge on any atom is 0.257 e. The molecule has 8 heteroatoms. The molecule has 1 aromatic heterocycles. The Morgan fingerprint density at radius 3 is 2.89 bits per heavy atom. The van der Waals surface area contributed by atoms with Crippen LogP contribution in [0.15, 0.2) is 42.6 Å². The summed E-state index contributed by atoms with van der Waals surface area (Å²) in [5.41, 5.74) is 0.594. The average molecular weight is 372 g/mol. The third-order valence-electron chi connectivity index (χ3n) is 4.17. The molecule has 3 rings (SSSR count). The number of anilines is 2. The van der Waals surface area contributed by atoms with Crippen LogP contribution in [0.5, 0.6) is 0 Å². The fraction of sp³-hybridized carbons (Fsp3) is 0.316. The zero-order valence-corrected chi connectivity index (χ0v) is 14.9. The predicted octanol–water partition coefficient (Wildman–Crippen LogP) is 1.94. The number of pyridine rings is 1. The van der Waals surface area contributed by atoms with Gasteiger partial charge in [-0.3, -0.25) is 9.59 Å². The van der Waals surface area contributed by atoms with Crippen LogP contribution in [-0.2, 0) is 9.53 Å². The van der Waals surface area contributed by atoms with E-state index < -0.39 is 5.82 Å². The molecule has 142 valence electrons. The molecule has 0 bridgehead atoms. The van der Waals surface area contributed by atoms with E-state index in [1.807, 2.05) is 0 Å². The molecule has 0 radical (unpaired) electrons. The fourth-order valence-corrected chi connectivity index (χ4v) is 2.82. The first-order valence-electron chi connectivity index (χ1n) is 8.66. The van der Waals surface area contributed by atoms with E-state index in [1.165, 1.54) is 13.0 Å². The highest BCUT2D eigenvalue weighted by molar-refractivity contribution is 5.99. The summed E-state index contributed by atoms with van der Waals surface area (Å²) in [5, 5.41) is 5.59. The number of rotatable bonds is 5. The molecule has 2 aromatic rings. The van der Waals surface area contributed by atoms with E-state index in [0.29, 0.717) is 31.8 Å². The van der Waals surface area contributed by atoms with Crippen molar-refractivity contribution in [1.29, 1.82) is 0 Å². The maximum absolute atomic E-state index is 13.9. The van der Waals surface area contributed by atoms with E-state index in [2.05, 4.69) is 15.6 Å². The van der Waals surface area contributed by atoms with Crippen LogP contribution >= 0.6 is 0 Å². The number of hydrogen-bond donors (Lipinski definition) is 2. The second-order valence-electron chi connectivity index (χ2n) is 6.19. The second kappa shape index (κ2) is 8.59. The van der Waals surface area contributed by atoms with Crippen LogP contribution in [0.1, 0.15) is 17.3 Å². The van der Waals surface area contributed by atoms with E-state index in [1.54, 1.807) is 41.4 Å². The zero-order valence-electron chi connectivity index (χ0n) is 14.9. The highest BCUT2D eigenvalue weighted by Gasteiger charge is 2.27. The number of carbonyl (C=O) groups is 2. The normalized spacial score (nSPS) is 16.7. The van der Waals surface area contributed by atoms with Crippen LogP contribution in [0.25, 0.3) is 0 Å². The minimum Gasteiger partial charge on any atom is -0.373 e. The molecular weight excluding hydrogens is 351 g/mol. The first kappa shape index (κ1) is 18.8. The number of nitrogens with zero attached hydrogens (tertiary/aromatic N) is 2. The maximum atomic E-state index is 13.9. The summed E-state index contributed by atoms with van der Waals surface area (Å²) in [7, 11) is 0. The molecule has 2 N–H and O–H groups in total. The van der Waals surface area contributed by atoms with Gasteiger partial charge in [-0.05, 0) is 24.3 Å². The lowest BCUT2D eigenvalue weighted by atomic mass is 10.1. The largest absolute Gasteiger partial charge is 0.373 e. The van der Waals surface area contributed by atoms with Crippen molar-refractivity contribution in [2.45, 2.75) is 13.0 Å². The number of para-hydroxylation sites is 1. The van der Waals surface area contributed by atoms with Gasteiger partial charge in [0.1, 0.15) is 11.6 Å². The molecule has 2 amide bonds. The zero-order chi connectivity index (χ0) is 19.2. The van der Waals surface area contributed by atoms with Crippen molar-refractivity contribution >= 4 is 23.3 Å². The van der Waals surface area contributed by atoms with Gasteiger partial charge in [-0.15, -0.1) is 0 Å². The van der Waals surface area contributed by atoms with Crippen LogP contribution in [0.3, 0.4) is 0 Å². The highest BCUT2D eigenvalue weighted by atomic mass is 19.1. The molecule has 7 nitrogen and oxygen atoms in total. The summed E-state index contributed by atoms with van der Waals surface area (Å²) in [4.78, 5) is 29.9. The molecule has 1 unspecified atom stereocenters. The fourth-order valence-electron chi connectivity index (χ4n) is 2.82. The van der Waals surface area contributed by atoms with E-state index >= 15 is 0 Å². The Hall–Kier alpha value is -3.00. The molecule has 27 heavy (non-hydrogen) atoms. The van der Waals surface area contributed by atoms with Crippen molar-refractivity contribution in [3.05, 3.63) is 54.0 Å². The van der Waals surface area contributed by atoms with Gasteiger partial charge >= 0.3 is 0 Å². The van der Waals surface area contributed by atoms with Gasteiger partial charge in [0.25, 0.3) is 5.91 Å². The molecule has 1 fully saturated rings. The van der Waals surface area contributed by atoms with Crippen molar-refractivity contribution in [2.24, 2.45) is 0 Å². The Morgan fingerprint density at radius 1 is 1.30 bits per heavy atom. The molecule has 1 saturated heterocycles. The Labute approximate surface area is 156 Å². The second-order valence-corrected chi connectivity index (χ2v) is 6.19. The van der Waals surface area contributed by atoms with Gasteiger partial charge in [-0.2, -0.15) is 0 Å². The molecular formula is C19H21FN4O3. The molecule has 0 saturated carbocycles. The van der Waals surface area contributed by atoms with Gasteiger partial charge in [0, 0.05) is 32.8 Å². The lowest BCUT2D eigenvalue weighted by Crippen LogP contribution is -2.49. The molecule has 1 atom stereocenters. The summed E-state index contributed by atoms with van der Waals surface area (Å²) in [6, 6.07) is 9.52. The van der Waals surface area contributed by atoms with Crippen LogP contribution < -0.4 is 10.6 Å². The number of carbonyl (C=O) groups excluding carboxylic acids is 2. The Kier molecular flexibility index (Phi) is 5.97. The third-order valence-corrected chi connectivity index (χ3v) is 4.17. The van der Waals surface area contributed by atoms with Crippen LogP contribution in [-0.4, -0.2) is 54.0 Å². The minimum atomic E-state index is -0.428. The van der Waals surface area contributed by atoms with Gasteiger partial charge < -0.3 is 20.3 Å². The average Bonchev–Trinajstić information content (AvgIpc) is 2.68. The first-order chi connectivity index (χ1) is 13.0. The van der Waals surface area contributed by atoms with Gasteiger partial charge in [0.05, 0.1) is 24.0 Å². The lowest BCUT2D eigenvalue weighted by molar-refractivity contribution is -0.120. The monoisotopic (exact) mass is 372 g/mol. The number of halogens is 1. The highest BCUT2D eigenvalue weighted by Crippen LogP contribution is 2.22. The van der Waals surface area contributed by atoms with Gasteiger partial charge in [-0.1, -0.05) is 12.1 Å². The van der Waals surface area contributed by atoms with Crippen molar-refractivity contribution in [3.8, 4) is 0 Å². The molecule has 0 spiro atoms. The minimum absolute atomic E-state index is 0.148. The van der Waals surface area contributed by atoms with E-state index in [-0.39, 0.29) is 29.4 Å².